The van der Waals surface area contributed by atoms with E-state index in [4.69, 9.17) is 10.5 Å². The molecule has 0 bridgehead atoms. The average molecular weight is 269 g/mol. The quantitative estimate of drug-likeness (QED) is 0.855. The van der Waals surface area contributed by atoms with E-state index in [9.17, 15) is 13.6 Å². The van der Waals surface area contributed by atoms with Gasteiger partial charge < -0.3 is 10.5 Å². The molecule has 0 saturated carbocycles. The van der Waals surface area contributed by atoms with Gasteiger partial charge in [0.15, 0.2) is 5.82 Å². The Labute approximate surface area is 105 Å². The van der Waals surface area contributed by atoms with Crippen LogP contribution in [0.2, 0.25) is 0 Å². The summed E-state index contributed by atoms with van der Waals surface area (Å²) in [5.74, 6) is -1.39. The number of carbonyl (C=O) groups excluding carboxylic acids is 1. The number of benzene rings is 1. The number of aromatic amines is 1. The second-order valence-electron chi connectivity index (χ2n) is 3.62. The van der Waals surface area contributed by atoms with Crippen LogP contribution in [0.3, 0.4) is 0 Å². The molecule has 1 heterocycles. The van der Waals surface area contributed by atoms with Gasteiger partial charge in [0.05, 0.1) is 6.42 Å². The third-order valence-electron chi connectivity index (χ3n) is 2.32. The lowest BCUT2D eigenvalue weighted by atomic mass is 10.1. The first-order chi connectivity index (χ1) is 9.06. The summed E-state index contributed by atoms with van der Waals surface area (Å²) in [4.78, 5) is 10.8. The van der Waals surface area contributed by atoms with Crippen LogP contribution in [0, 0.1) is 11.6 Å². The predicted molar refractivity (Wildman–Crippen MR) is 57.6 cm³/mol. The van der Waals surface area contributed by atoms with E-state index in [1.807, 2.05) is 0 Å². The Balaban J connectivity index is 2.28. The van der Waals surface area contributed by atoms with Crippen LogP contribution >= 0.6 is 0 Å². The smallest absolute Gasteiger partial charge is 0.405 e. The Morgan fingerprint density at radius 3 is 2.84 bits per heavy atom. The zero-order valence-corrected chi connectivity index (χ0v) is 9.51. The number of aromatic nitrogens is 4. The first-order valence-electron chi connectivity index (χ1n) is 5.19. The Hall–Kier alpha value is -2.58. The molecule has 0 aliphatic heterocycles. The number of H-pyrrole nitrogens is 1. The molecule has 1 aromatic carbocycles. The van der Waals surface area contributed by atoms with Gasteiger partial charge in [-0.2, -0.15) is 5.21 Å². The summed E-state index contributed by atoms with van der Waals surface area (Å²) >= 11 is 0. The lowest BCUT2D eigenvalue weighted by molar-refractivity contribution is 0.103. The molecule has 100 valence electrons. The molecule has 7 nitrogen and oxygen atoms in total. The van der Waals surface area contributed by atoms with Crippen LogP contribution < -0.4 is 5.73 Å². The Bertz CT molecular complexity index is 575. The largest absolute Gasteiger partial charge is 0.441 e. The maximum atomic E-state index is 13.6. The first-order valence-corrected chi connectivity index (χ1v) is 5.19. The predicted octanol–water partition coefficient (Wildman–Crippen LogP) is 0.857. The number of halogens is 2. The molecular weight excluding hydrogens is 260 g/mol. The minimum absolute atomic E-state index is 0.0231. The minimum atomic E-state index is -1.09. The van der Waals surface area contributed by atoms with Crippen molar-refractivity contribution in [3.05, 3.63) is 41.2 Å². The third-order valence-corrected chi connectivity index (χ3v) is 2.32. The van der Waals surface area contributed by atoms with Crippen molar-refractivity contribution in [3.8, 4) is 0 Å². The Morgan fingerprint density at radius 2 is 2.26 bits per heavy atom. The summed E-state index contributed by atoms with van der Waals surface area (Å²) in [6.07, 6.45) is -2.19. The van der Waals surface area contributed by atoms with Crippen molar-refractivity contribution in [1.29, 1.82) is 0 Å². The van der Waals surface area contributed by atoms with Crippen LogP contribution in [-0.4, -0.2) is 26.7 Å². The van der Waals surface area contributed by atoms with Crippen LogP contribution in [0.5, 0.6) is 0 Å². The fraction of sp³-hybridized carbons (Fsp3) is 0.200. The number of hydrogen-bond donors (Lipinski definition) is 2. The maximum absolute atomic E-state index is 13.6. The van der Waals surface area contributed by atoms with Crippen molar-refractivity contribution >= 4 is 6.09 Å². The Kier molecular flexibility index (Phi) is 3.64. The van der Waals surface area contributed by atoms with E-state index in [1.165, 1.54) is 6.07 Å². The number of rotatable bonds is 4. The zero-order valence-electron chi connectivity index (χ0n) is 9.51. The normalized spacial score (nSPS) is 12.1. The zero-order chi connectivity index (χ0) is 13.8. The fourth-order valence-corrected chi connectivity index (χ4v) is 1.55. The number of amides is 1. The second-order valence-corrected chi connectivity index (χ2v) is 3.62. The molecule has 2 rings (SSSR count). The molecule has 1 aromatic heterocycles. The van der Waals surface area contributed by atoms with Crippen LogP contribution in [-0.2, 0) is 11.2 Å². The molecule has 0 aliphatic carbocycles. The summed E-state index contributed by atoms with van der Waals surface area (Å²) in [6, 6.07) is 2.90. The topological polar surface area (TPSA) is 107 Å². The van der Waals surface area contributed by atoms with Crippen molar-refractivity contribution in [2.24, 2.45) is 5.73 Å². The summed E-state index contributed by atoms with van der Waals surface area (Å²) in [7, 11) is 0. The van der Waals surface area contributed by atoms with Gasteiger partial charge in [-0.05, 0) is 12.1 Å². The van der Waals surface area contributed by atoms with Gasteiger partial charge >= 0.3 is 6.09 Å². The van der Waals surface area contributed by atoms with Crippen LogP contribution in [0.15, 0.2) is 18.2 Å². The molecule has 1 atom stereocenters. The standard InChI is InChI=1S/C10H9F2N5O2/c11-5-1-2-6(7(12)3-5)8(19-10(13)18)4-9-14-16-17-15-9/h1-3,8H,4H2,(H2,13,18)(H,14,15,16,17). The number of nitrogens with zero attached hydrogens (tertiary/aromatic N) is 3. The molecule has 1 unspecified atom stereocenters. The van der Waals surface area contributed by atoms with E-state index in [0.717, 1.165) is 6.07 Å². The summed E-state index contributed by atoms with van der Waals surface area (Å²) < 4.78 is 31.3. The second kappa shape index (κ2) is 5.38. The number of nitrogens with one attached hydrogen (secondary N) is 1. The molecule has 0 fully saturated rings. The number of nitrogens with two attached hydrogens (primary N) is 1. The van der Waals surface area contributed by atoms with Crippen LogP contribution in [0.25, 0.3) is 0 Å². The summed E-state index contributed by atoms with van der Waals surface area (Å²) in [5.41, 5.74) is 4.89. The van der Waals surface area contributed by atoms with Crippen LogP contribution in [0.1, 0.15) is 17.5 Å². The number of tetrazole rings is 1. The van der Waals surface area contributed by atoms with Gasteiger partial charge in [-0.1, -0.05) is 5.21 Å². The molecular formula is C10H9F2N5O2. The first kappa shape index (κ1) is 12.9. The van der Waals surface area contributed by atoms with Crippen molar-refractivity contribution < 1.29 is 18.3 Å². The third kappa shape index (κ3) is 3.21. The van der Waals surface area contributed by atoms with Crippen LogP contribution in [0.4, 0.5) is 13.6 Å². The fourth-order valence-electron chi connectivity index (χ4n) is 1.55. The van der Waals surface area contributed by atoms with E-state index in [2.05, 4.69) is 20.6 Å². The highest BCUT2D eigenvalue weighted by Gasteiger charge is 2.22. The van der Waals surface area contributed by atoms with Crippen molar-refractivity contribution in [2.45, 2.75) is 12.5 Å². The lowest BCUT2D eigenvalue weighted by Crippen LogP contribution is -2.20. The summed E-state index contributed by atoms with van der Waals surface area (Å²) in [5, 5.41) is 12.9. The molecule has 0 saturated heterocycles. The van der Waals surface area contributed by atoms with E-state index in [1.54, 1.807) is 0 Å². The monoisotopic (exact) mass is 269 g/mol. The molecule has 0 aliphatic rings. The molecule has 0 spiro atoms. The van der Waals surface area contributed by atoms with Crippen molar-refractivity contribution in [1.82, 2.24) is 20.6 Å². The molecule has 19 heavy (non-hydrogen) atoms. The highest BCUT2D eigenvalue weighted by molar-refractivity contribution is 5.65. The maximum Gasteiger partial charge on any atom is 0.405 e. The average Bonchev–Trinajstić information content (AvgIpc) is 2.80. The Morgan fingerprint density at radius 1 is 1.47 bits per heavy atom. The van der Waals surface area contributed by atoms with E-state index in [0.29, 0.717) is 6.07 Å². The molecule has 1 amide bonds. The molecule has 9 heteroatoms. The highest BCUT2D eigenvalue weighted by atomic mass is 19.1. The van der Waals surface area contributed by atoms with Crippen molar-refractivity contribution in [3.63, 3.8) is 0 Å². The van der Waals surface area contributed by atoms with Gasteiger partial charge in [-0.3, -0.25) is 0 Å². The van der Waals surface area contributed by atoms with E-state index in [-0.39, 0.29) is 17.8 Å². The van der Waals surface area contributed by atoms with Gasteiger partial charge in [0.25, 0.3) is 0 Å². The van der Waals surface area contributed by atoms with Gasteiger partial charge in [0.1, 0.15) is 17.7 Å². The molecule has 2 aromatic rings. The van der Waals surface area contributed by atoms with E-state index >= 15 is 0 Å². The van der Waals surface area contributed by atoms with Gasteiger partial charge in [0.2, 0.25) is 0 Å². The van der Waals surface area contributed by atoms with E-state index < -0.39 is 23.8 Å². The molecule has 0 radical (unpaired) electrons. The van der Waals surface area contributed by atoms with Crippen molar-refractivity contribution in [2.75, 3.05) is 0 Å². The van der Waals surface area contributed by atoms with Gasteiger partial charge in [0, 0.05) is 11.6 Å². The lowest BCUT2D eigenvalue weighted by Gasteiger charge is -2.16. The SMILES string of the molecule is NC(=O)OC(Cc1nn[nH]n1)c1ccc(F)cc1F. The molecule has 3 N–H and O–H groups in total. The van der Waals surface area contributed by atoms with Gasteiger partial charge in [-0.25, -0.2) is 13.6 Å². The highest BCUT2D eigenvalue weighted by Crippen LogP contribution is 2.24. The number of primary amides is 1. The number of hydrogen-bond acceptors (Lipinski definition) is 5. The minimum Gasteiger partial charge on any atom is -0.441 e. The number of ether oxygens (including phenoxy) is 1. The van der Waals surface area contributed by atoms with Gasteiger partial charge in [-0.15, -0.1) is 10.2 Å². The number of carbonyl (C=O) groups is 1. The summed E-state index contributed by atoms with van der Waals surface area (Å²) in [6.45, 7) is 0.